The Hall–Kier alpha value is -2.30. The molecule has 0 atom stereocenters. The topological polar surface area (TPSA) is 66.8 Å². The van der Waals surface area contributed by atoms with Crippen molar-refractivity contribution in [3.63, 3.8) is 0 Å². The predicted octanol–water partition coefficient (Wildman–Crippen LogP) is 1.64. The summed E-state index contributed by atoms with van der Waals surface area (Å²) >= 11 is 0. The molecule has 19 heavy (non-hydrogen) atoms. The molecule has 1 N–H and O–H groups in total. The van der Waals surface area contributed by atoms with E-state index in [2.05, 4.69) is 0 Å². The number of rotatable bonds is 6. The number of amides is 1. The third-order valence-electron chi connectivity index (χ3n) is 2.37. The first kappa shape index (κ1) is 14.8. The average Bonchev–Trinajstić information content (AvgIpc) is 2.37. The summed E-state index contributed by atoms with van der Waals surface area (Å²) < 4.78 is 5.42. The van der Waals surface area contributed by atoms with E-state index in [1.54, 1.807) is 6.08 Å². The van der Waals surface area contributed by atoms with Crippen molar-refractivity contribution in [2.75, 3.05) is 20.2 Å². The number of carboxylic acid groups (broad SMARTS) is 1. The fourth-order valence-corrected chi connectivity index (χ4v) is 1.47. The molecule has 5 heteroatoms. The van der Waals surface area contributed by atoms with Crippen molar-refractivity contribution in [1.29, 1.82) is 0 Å². The lowest BCUT2D eigenvalue weighted by Gasteiger charge is -2.11. The highest BCUT2D eigenvalue weighted by Gasteiger charge is 2.08. The zero-order chi connectivity index (χ0) is 14.3. The van der Waals surface area contributed by atoms with E-state index in [9.17, 15) is 9.59 Å². The van der Waals surface area contributed by atoms with Crippen molar-refractivity contribution in [2.24, 2.45) is 0 Å². The zero-order valence-electron chi connectivity index (χ0n) is 11.0. The first-order valence-electron chi connectivity index (χ1n) is 5.91. The highest BCUT2D eigenvalue weighted by molar-refractivity contribution is 5.93. The molecule has 0 saturated carbocycles. The van der Waals surface area contributed by atoms with Gasteiger partial charge in [0.2, 0.25) is 5.91 Å². The summed E-state index contributed by atoms with van der Waals surface area (Å²) in [5.74, 6) is -0.720. The summed E-state index contributed by atoms with van der Waals surface area (Å²) in [5.41, 5.74) is 0.779. The van der Waals surface area contributed by atoms with Gasteiger partial charge in [-0.1, -0.05) is 18.2 Å². The summed E-state index contributed by atoms with van der Waals surface area (Å²) in [4.78, 5) is 23.3. The minimum absolute atomic E-state index is 0.323. The second-order valence-corrected chi connectivity index (χ2v) is 3.89. The Morgan fingerprint density at radius 2 is 2.05 bits per heavy atom. The van der Waals surface area contributed by atoms with Gasteiger partial charge in [0.15, 0.2) is 0 Å². The minimum atomic E-state index is -1.04. The van der Waals surface area contributed by atoms with Crippen LogP contribution in [0.4, 0.5) is 0 Å². The molecular weight excluding hydrogens is 246 g/mol. The Kier molecular flexibility index (Phi) is 5.60. The van der Waals surface area contributed by atoms with Gasteiger partial charge in [0.1, 0.15) is 12.3 Å². The van der Waals surface area contributed by atoms with Crippen molar-refractivity contribution in [3.05, 3.63) is 35.9 Å². The molecule has 0 spiro atoms. The largest absolute Gasteiger partial charge is 0.493 e. The molecule has 0 heterocycles. The summed E-state index contributed by atoms with van der Waals surface area (Å²) in [7, 11) is 1.44. The highest BCUT2D eigenvalue weighted by Crippen LogP contribution is 2.19. The number of benzene rings is 1. The molecule has 0 saturated heterocycles. The van der Waals surface area contributed by atoms with Crippen LogP contribution < -0.4 is 4.74 Å². The van der Waals surface area contributed by atoms with Gasteiger partial charge in [0.25, 0.3) is 0 Å². The average molecular weight is 263 g/mol. The van der Waals surface area contributed by atoms with Crippen LogP contribution in [0.1, 0.15) is 12.5 Å². The molecule has 0 bridgehead atoms. The fraction of sp³-hybridized carbons (Fsp3) is 0.286. The molecular formula is C14H17NO4. The fourth-order valence-electron chi connectivity index (χ4n) is 1.47. The molecule has 0 unspecified atom stereocenters. The number of ether oxygens (including phenoxy) is 1. The number of aliphatic carboxylic acids is 1. The number of carbonyl (C=O) groups excluding carboxylic acids is 1. The molecule has 1 aromatic carbocycles. The first-order valence-corrected chi connectivity index (χ1v) is 5.91. The second-order valence-electron chi connectivity index (χ2n) is 3.89. The first-order chi connectivity index (χ1) is 9.04. The molecule has 1 aromatic rings. The van der Waals surface area contributed by atoms with Crippen molar-refractivity contribution in [3.8, 4) is 5.75 Å². The summed E-state index contributed by atoms with van der Waals surface area (Å²) in [5, 5.41) is 8.59. The van der Waals surface area contributed by atoms with E-state index in [4.69, 9.17) is 9.84 Å². The van der Waals surface area contributed by atoms with E-state index in [1.165, 1.54) is 13.1 Å². The smallest absolute Gasteiger partial charge is 0.323 e. The summed E-state index contributed by atoms with van der Waals surface area (Å²) in [6.07, 6.45) is 2.95. The van der Waals surface area contributed by atoms with E-state index in [1.807, 2.05) is 31.2 Å². The molecule has 1 amide bonds. The SMILES string of the molecule is CCOc1ccccc1/C=C/C(=O)N(C)CC(=O)O. The van der Waals surface area contributed by atoms with Gasteiger partial charge >= 0.3 is 5.97 Å². The Bertz CT molecular complexity index is 482. The lowest BCUT2D eigenvalue weighted by molar-refractivity contribution is -0.141. The number of hydrogen-bond donors (Lipinski definition) is 1. The van der Waals surface area contributed by atoms with E-state index in [0.717, 1.165) is 10.5 Å². The van der Waals surface area contributed by atoms with E-state index in [-0.39, 0.29) is 12.5 Å². The Morgan fingerprint density at radius 1 is 1.37 bits per heavy atom. The van der Waals surface area contributed by atoms with E-state index in [0.29, 0.717) is 12.4 Å². The lowest BCUT2D eigenvalue weighted by atomic mass is 10.2. The second kappa shape index (κ2) is 7.20. The quantitative estimate of drug-likeness (QED) is 0.792. The zero-order valence-corrected chi connectivity index (χ0v) is 11.0. The van der Waals surface area contributed by atoms with Gasteiger partial charge in [-0.3, -0.25) is 9.59 Å². The monoisotopic (exact) mass is 263 g/mol. The number of carbonyl (C=O) groups is 2. The predicted molar refractivity (Wildman–Crippen MR) is 71.9 cm³/mol. The number of para-hydroxylation sites is 1. The maximum atomic E-state index is 11.7. The van der Waals surface area contributed by atoms with Crippen LogP contribution in [0.15, 0.2) is 30.3 Å². The van der Waals surface area contributed by atoms with E-state index < -0.39 is 5.97 Å². The van der Waals surface area contributed by atoms with Crippen molar-refractivity contribution >= 4 is 18.0 Å². The minimum Gasteiger partial charge on any atom is -0.493 e. The normalized spacial score (nSPS) is 10.4. The van der Waals surface area contributed by atoms with Crippen LogP contribution in [0.3, 0.4) is 0 Å². The molecule has 1 rings (SSSR count). The molecule has 5 nitrogen and oxygen atoms in total. The number of likely N-dealkylation sites (N-methyl/N-ethyl adjacent to an activating group) is 1. The van der Waals surface area contributed by atoms with E-state index >= 15 is 0 Å². The van der Waals surface area contributed by atoms with Gasteiger partial charge < -0.3 is 14.7 Å². The summed E-state index contributed by atoms with van der Waals surface area (Å²) in [6.45, 7) is 2.10. The highest BCUT2D eigenvalue weighted by atomic mass is 16.5. The Balaban J connectivity index is 2.75. The Morgan fingerprint density at radius 3 is 2.68 bits per heavy atom. The van der Waals surface area contributed by atoms with Gasteiger partial charge in [0.05, 0.1) is 6.61 Å². The third-order valence-corrected chi connectivity index (χ3v) is 2.37. The van der Waals surface area contributed by atoms with Crippen LogP contribution >= 0.6 is 0 Å². The number of carboxylic acids is 1. The number of nitrogens with zero attached hydrogens (tertiary/aromatic N) is 1. The van der Waals surface area contributed by atoms with Gasteiger partial charge in [-0.05, 0) is 19.1 Å². The van der Waals surface area contributed by atoms with Crippen LogP contribution in [0.2, 0.25) is 0 Å². The lowest BCUT2D eigenvalue weighted by Crippen LogP contribution is -2.30. The molecule has 0 aliphatic heterocycles. The van der Waals surface area contributed by atoms with Gasteiger partial charge in [0, 0.05) is 18.7 Å². The number of hydrogen-bond acceptors (Lipinski definition) is 3. The van der Waals surface area contributed by atoms with Crippen LogP contribution in [0, 0.1) is 0 Å². The van der Waals surface area contributed by atoms with Crippen LogP contribution in [0.5, 0.6) is 5.75 Å². The van der Waals surface area contributed by atoms with Gasteiger partial charge in [-0.2, -0.15) is 0 Å². The molecule has 0 aromatic heterocycles. The van der Waals surface area contributed by atoms with Crippen LogP contribution in [-0.2, 0) is 9.59 Å². The van der Waals surface area contributed by atoms with Crippen LogP contribution in [-0.4, -0.2) is 42.1 Å². The molecule has 0 aliphatic carbocycles. The van der Waals surface area contributed by atoms with Crippen molar-refractivity contribution in [1.82, 2.24) is 4.90 Å². The molecule has 0 fully saturated rings. The third kappa shape index (κ3) is 4.83. The van der Waals surface area contributed by atoms with Crippen molar-refractivity contribution < 1.29 is 19.4 Å². The Labute approximate surface area is 112 Å². The summed E-state index contributed by atoms with van der Waals surface area (Å²) in [6, 6.07) is 7.33. The maximum Gasteiger partial charge on any atom is 0.323 e. The van der Waals surface area contributed by atoms with Gasteiger partial charge in [-0.25, -0.2) is 0 Å². The van der Waals surface area contributed by atoms with Gasteiger partial charge in [-0.15, -0.1) is 0 Å². The molecule has 0 radical (unpaired) electrons. The molecule has 0 aliphatic rings. The standard InChI is InChI=1S/C14H17NO4/c1-3-19-12-7-5-4-6-11(12)8-9-13(16)15(2)10-14(17)18/h4-9H,3,10H2,1-2H3,(H,17,18)/b9-8+. The molecule has 102 valence electrons. The van der Waals surface area contributed by atoms with Crippen LogP contribution in [0.25, 0.3) is 6.08 Å². The maximum absolute atomic E-state index is 11.7. The van der Waals surface area contributed by atoms with Crippen molar-refractivity contribution in [2.45, 2.75) is 6.92 Å².